The van der Waals surface area contributed by atoms with Gasteiger partial charge in [-0.05, 0) is 50.7 Å². The highest BCUT2D eigenvalue weighted by molar-refractivity contribution is 7.99. The van der Waals surface area contributed by atoms with E-state index in [0.29, 0.717) is 21.4 Å². The highest BCUT2D eigenvalue weighted by Crippen LogP contribution is 2.34. The molecule has 0 unspecified atom stereocenters. The van der Waals surface area contributed by atoms with Gasteiger partial charge in [0, 0.05) is 23.0 Å². The Morgan fingerprint density at radius 3 is 2.67 bits per heavy atom. The SMILES string of the molecule is CC(=O)c1ccc(Sc2nc3nc(C)cc(C)n3n2)c([N+](=O)[O-])c1. The summed E-state index contributed by atoms with van der Waals surface area (Å²) in [5.74, 6) is 0.216. The second kappa shape index (κ2) is 6.00. The number of benzene rings is 1. The van der Waals surface area contributed by atoms with Crippen LogP contribution >= 0.6 is 11.8 Å². The van der Waals surface area contributed by atoms with Crippen molar-refractivity contribution in [2.75, 3.05) is 0 Å². The lowest BCUT2D eigenvalue weighted by Crippen LogP contribution is -1.97. The summed E-state index contributed by atoms with van der Waals surface area (Å²) >= 11 is 1.07. The lowest BCUT2D eigenvalue weighted by atomic mass is 10.1. The first-order valence-corrected chi connectivity index (χ1v) is 7.85. The molecule has 24 heavy (non-hydrogen) atoms. The van der Waals surface area contributed by atoms with E-state index in [1.54, 1.807) is 10.6 Å². The minimum atomic E-state index is -0.516. The summed E-state index contributed by atoms with van der Waals surface area (Å²) in [5, 5.41) is 16.0. The first-order chi connectivity index (χ1) is 11.3. The van der Waals surface area contributed by atoms with Crippen molar-refractivity contribution >= 4 is 29.0 Å². The second-order valence-corrected chi connectivity index (χ2v) is 6.25. The van der Waals surface area contributed by atoms with Crippen molar-refractivity contribution in [2.24, 2.45) is 0 Å². The van der Waals surface area contributed by atoms with E-state index in [-0.39, 0.29) is 11.5 Å². The number of nitrogens with zero attached hydrogens (tertiary/aromatic N) is 5. The highest BCUT2D eigenvalue weighted by atomic mass is 32.2. The third kappa shape index (κ3) is 2.98. The molecule has 3 aromatic rings. The predicted molar refractivity (Wildman–Crippen MR) is 87.5 cm³/mol. The van der Waals surface area contributed by atoms with Gasteiger partial charge in [-0.3, -0.25) is 14.9 Å². The number of hydrogen-bond acceptors (Lipinski definition) is 7. The van der Waals surface area contributed by atoms with E-state index in [2.05, 4.69) is 15.1 Å². The molecule has 2 heterocycles. The molecule has 2 aromatic heterocycles. The van der Waals surface area contributed by atoms with E-state index in [9.17, 15) is 14.9 Å². The van der Waals surface area contributed by atoms with Crippen LogP contribution in [0.3, 0.4) is 0 Å². The van der Waals surface area contributed by atoms with Crippen LogP contribution in [-0.2, 0) is 0 Å². The molecule has 0 N–H and O–H groups in total. The van der Waals surface area contributed by atoms with Gasteiger partial charge in [0.2, 0.25) is 5.16 Å². The summed E-state index contributed by atoms with van der Waals surface area (Å²) in [4.78, 5) is 31.1. The number of Topliss-reactive ketones (excluding diaryl/α,β-unsaturated/α-hetero) is 1. The average Bonchev–Trinajstić information content (AvgIpc) is 2.89. The Balaban J connectivity index is 2.03. The van der Waals surface area contributed by atoms with E-state index >= 15 is 0 Å². The molecule has 0 aliphatic rings. The van der Waals surface area contributed by atoms with E-state index < -0.39 is 4.92 Å². The maximum absolute atomic E-state index is 11.4. The number of fused-ring (bicyclic) bond motifs is 1. The second-order valence-electron chi connectivity index (χ2n) is 5.24. The van der Waals surface area contributed by atoms with Gasteiger partial charge >= 0.3 is 0 Å². The highest BCUT2D eigenvalue weighted by Gasteiger charge is 2.19. The van der Waals surface area contributed by atoms with Gasteiger partial charge in [0.05, 0.1) is 9.82 Å². The minimum absolute atomic E-state index is 0.146. The summed E-state index contributed by atoms with van der Waals surface area (Å²) in [7, 11) is 0. The first-order valence-electron chi connectivity index (χ1n) is 7.03. The number of aryl methyl sites for hydroxylation is 2. The summed E-state index contributed by atoms with van der Waals surface area (Å²) in [6.07, 6.45) is 0. The fraction of sp³-hybridized carbons (Fsp3) is 0.200. The Labute approximate surface area is 141 Å². The lowest BCUT2D eigenvalue weighted by Gasteiger charge is -2.02. The van der Waals surface area contributed by atoms with Gasteiger partial charge in [-0.25, -0.2) is 9.50 Å². The Morgan fingerprint density at radius 2 is 2.00 bits per heavy atom. The van der Waals surface area contributed by atoms with E-state index in [1.165, 1.54) is 19.1 Å². The smallest absolute Gasteiger partial charge is 0.284 e. The largest absolute Gasteiger partial charge is 0.295 e. The molecule has 0 atom stereocenters. The van der Waals surface area contributed by atoms with Crippen LogP contribution in [0.5, 0.6) is 0 Å². The van der Waals surface area contributed by atoms with Crippen LogP contribution in [-0.4, -0.2) is 30.3 Å². The summed E-state index contributed by atoms with van der Waals surface area (Å²) in [5.41, 5.74) is 1.84. The zero-order valence-corrected chi connectivity index (χ0v) is 14.0. The predicted octanol–water partition coefficient (Wildman–Crippen LogP) is 3.00. The lowest BCUT2D eigenvalue weighted by molar-refractivity contribution is -0.387. The fourth-order valence-corrected chi connectivity index (χ4v) is 3.08. The molecule has 0 fully saturated rings. The molecule has 0 saturated carbocycles. The Bertz CT molecular complexity index is 983. The van der Waals surface area contributed by atoms with Gasteiger partial charge in [-0.1, -0.05) is 0 Å². The average molecular weight is 343 g/mol. The molecule has 0 saturated heterocycles. The molecule has 122 valence electrons. The molecular formula is C15H13N5O3S. The first kappa shape index (κ1) is 16.1. The van der Waals surface area contributed by atoms with Crippen LogP contribution < -0.4 is 0 Å². The minimum Gasteiger partial charge on any atom is -0.295 e. The van der Waals surface area contributed by atoms with Crippen molar-refractivity contribution in [2.45, 2.75) is 30.8 Å². The Hall–Kier alpha value is -2.81. The van der Waals surface area contributed by atoms with Gasteiger partial charge in [0.25, 0.3) is 11.5 Å². The van der Waals surface area contributed by atoms with Crippen LogP contribution in [0.15, 0.2) is 34.3 Å². The van der Waals surface area contributed by atoms with Crippen molar-refractivity contribution in [3.8, 4) is 0 Å². The quantitative estimate of drug-likeness (QED) is 0.407. The standard InChI is InChI=1S/C15H13N5O3S/c1-8-6-9(2)19-14(16-8)17-15(18-19)24-13-5-4-11(10(3)21)7-12(13)20(22)23/h4-7H,1-3H3. The molecule has 9 heteroatoms. The molecule has 0 radical (unpaired) electrons. The summed E-state index contributed by atoms with van der Waals surface area (Å²) in [6, 6.07) is 6.24. The van der Waals surface area contributed by atoms with Crippen LogP contribution in [0.1, 0.15) is 28.7 Å². The van der Waals surface area contributed by atoms with Gasteiger partial charge in [-0.2, -0.15) is 4.98 Å². The van der Waals surface area contributed by atoms with Gasteiger partial charge in [0.15, 0.2) is 5.78 Å². The molecule has 0 bridgehead atoms. The number of rotatable bonds is 4. The molecule has 1 aromatic carbocycles. The van der Waals surface area contributed by atoms with Crippen molar-refractivity contribution in [1.82, 2.24) is 19.6 Å². The van der Waals surface area contributed by atoms with Gasteiger partial charge in [-0.15, -0.1) is 5.10 Å². The Kier molecular flexibility index (Phi) is 4.02. The van der Waals surface area contributed by atoms with E-state index in [0.717, 1.165) is 23.1 Å². The van der Waals surface area contributed by atoms with Gasteiger partial charge in [0.1, 0.15) is 0 Å². The van der Waals surface area contributed by atoms with Crippen LogP contribution in [0.2, 0.25) is 0 Å². The number of carbonyl (C=O) groups is 1. The van der Waals surface area contributed by atoms with Crippen molar-refractivity contribution < 1.29 is 9.72 Å². The van der Waals surface area contributed by atoms with Crippen LogP contribution in [0, 0.1) is 24.0 Å². The maximum Gasteiger partial charge on any atom is 0.284 e. The maximum atomic E-state index is 11.4. The molecule has 0 spiro atoms. The number of nitro groups is 1. The number of aromatic nitrogens is 4. The zero-order valence-electron chi connectivity index (χ0n) is 13.2. The summed E-state index contributed by atoms with van der Waals surface area (Å²) in [6.45, 7) is 5.11. The molecule has 8 nitrogen and oxygen atoms in total. The van der Waals surface area contributed by atoms with Crippen molar-refractivity contribution in [3.63, 3.8) is 0 Å². The molecule has 3 rings (SSSR count). The van der Waals surface area contributed by atoms with Crippen molar-refractivity contribution in [3.05, 3.63) is 51.3 Å². The zero-order chi connectivity index (χ0) is 17.4. The third-order valence-electron chi connectivity index (χ3n) is 3.36. The molecule has 0 aliphatic carbocycles. The molecule has 0 amide bonds. The number of ketones is 1. The number of carbonyl (C=O) groups excluding carboxylic acids is 1. The van der Waals surface area contributed by atoms with Crippen molar-refractivity contribution in [1.29, 1.82) is 0 Å². The van der Waals surface area contributed by atoms with E-state index in [1.807, 2.05) is 19.9 Å². The molecular weight excluding hydrogens is 330 g/mol. The molecule has 0 aliphatic heterocycles. The number of nitro benzene ring substituents is 1. The number of hydrogen-bond donors (Lipinski definition) is 0. The van der Waals surface area contributed by atoms with Crippen LogP contribution in [0.4, 0.5) is 5.69 Å². The van der Waals surface area contributed by atoms with Gasteiger partial charge < -0.3 is 0 Å². The topological polar surface area (TPSA) is 103 Å². The van der Waals surface area contributed by atoms with Crippen LogP contribution in [0.25, 0.3) is 5.78 Å². The Morgan fingerprint density at radius 1 is 1.25 bits per heavy atom. The van der Waals surface area contributed by atoms with E-state index in [4.69, 9.17) is 0 Å². The normalized spacial score (nSPS) is 11.0. The monoisotopic (exact) mass is 343 g/mol. The third-order valence-corrected chi connectivity index (χ3v) is 4.28. The fourth-order valence-electron chi connectivity index (χ4n) is 2.25. The summed E-state index contributed by atoms with van der Waals surface area (Å²) < 4.78 is 1.59.